The number of halogens is 1. The molecular weight excluding hydrogens is 526 g/mol. The Labute approximate surface area is 239 Å². The van der Waals surface area contributed by atoms with Crippen molar-refractivity contribution in [3.05, 3.63) is 75.6 Å². The van der Waals surface area contributed by atoms with Crippen LogP contribution in [0.1, 0.15) is 45.1 Å². The molecule has 0 atom stereocenters. The zero-order valence-corrected chi connectivity index (χ0v) is 24.3. The number of nitrogens with zero attached hydrogens (tertiary/aromatic N) is 5. The van der Waals surface area contributed by atoms with E-state index in [9.17, 15) is 9.59 Å². The van der Waals surface area contributed by atoms with E-state index in [1.807, 2.05) is 77.1 Å². The lowest BCUT2D eigenvalue weighted by Crippen LogP contribution is -2.42. The Morgan fingerprint density at radius 3 is 2.48 bits per heavy atom. The zero-order chi connectivity index (χ0) is 28.6. The van der Waals surface area contributed by atoms with Gasteiger partial charge in [-0.15, -0.1) is 0 Å². The molecule has 0 unspecified atom stereocenters. The number of pyridine rings is 2. The van der Waals surface area contributed by atoms with Crippen molar-refractivity contribution in [1.82, 2.24) is 24.4 Å². The molecule has 5 rings (SSSR count). The number of piperidine rings is 1. The minimum absolute atomic E-state index is 0.150. The molecule has 0 spiro atoms. The number of amides is 1. The summed E-state index contributed by atoms with van der Waals surface area (Å²) >= 11 is 6.78. The van der Waals surface area contributed by atoms with Crippen molar-refractivity contribution < 1.29 is 9.53 Å². The molecule has 0 saturated carbocycles. The first kappa shape index (κ1) is 27.8. The lowest BCUT2D eigenvalue weighted by Gasteiger charge is -2.33. The van der Waals surface area contributed by atoms with Crippen LogP contribution in [0.5, 0.6) is 0 Å². The zero-order valence-electron chi connectivity index (χ0n) is 23.6. The molecule has 1 aliphatic heterocycles. The summed E-state index contributed by atoms with van der Waals surface area (Å²) in [6, 6.07) is 13.3. The Morgan fingerprint density at radius 1 is 1.05 bits per heavy atom. The van der Waals surface area contributed by atoms with Gasteiger partial charge in [0.05, 0.1) is 5.69 Å². The van der Waals surface area contributed by atoms with Gasteiger partial charge in [0.15, 0.2) is 0 Å². The molecule has 208 valence electrons. The molecule has 9 heteroatoms. The van der Waals surface area contributed by atoms with E-state index in [0.29, 0.717) is 47.3 Å². The Kier molecular flexibility index (Phi) is 7.64. The normalized spacial score (nSPS) is 14.5. The third-order valence-electron chi connectivity index (χ3n) is 7.10. The maximum Gasteiger partial charge on any atom is 0.410 e. The second kappa shape index (κ2) is 11.0. The molecule has 1 saturated heterocycles. The highest BCUT2D eigenvalue weighted by molar-refractivity contribution is 6.33. The van der Waals surface area contributed by atoms with Crippen molar-refractivity contribution in [2.24, 2.45) is 5.92 Å². The van der Waals surface area contributed by atoms with Gasteiger partial charge >= 0.3 is 6.09 Å². The van der Waals surface area contributed by atoms with Gasteiger partial charge in [0.1, 0.15) is 17.1 Å². The molecule has 0 aliphatic carbocycles. The molecule has 8 nitrogen and oxygen atoms in total. The van der Waals surface area contributed by atoms with Gasteiger partial charge in [-0.1, -0.05) is 29.8 Å². The molecule has 1 amide bonds. The third-order valence-corrected chi connectivity index (χ3v) is 7.41. The average molecular weight is 560 g/mol. The van der Waals surface area contributed by atoms with Crippen LogP contribution in [-0.2, 0) is 11.3 Å². The van der Waals surface area contributed by atoms with E-state index in [4.69, 9.17) is 16.3 Å². The summed E-state index contributed by atoms with van der Waals surface area (Å²) in [5.74, 6) is 0.802. The summed E-state index contributed by atoms with van der Waals surface area (Å²) in [5.41, 5.74) is 3.70. The summed E-state index contributed by atoms with van der Waals surface area (Å²) in [6.45, 7) is 11.0. The summed E-state index contributed by atoms with van der Waals surface area (Å²) in [6.07, 6.45) is 2.99. The topological polar surface area (TPSA) is 90.2 Å². The highest BCUT2D eigenvalue weighted by Crippen LogP contribution is 2.32. The van der Waals surface area contributed by atoms with Crippen molar-refractivity contribution in [2.75, 3.05) is 13.1 Å². The number of carbonyl (C=O) groups excluding carboxylic acids is 1. The molecule has 1 aromatic carbocycles. The van der Waals surface area contributed by atoms with Gasteiger partial charge in [0.2, 0.25) is 0 Å². The Bertz CT molecular complexity index is 1630. The fourth-order valence-corrected chi connectivity index (χ4v) is 5.37. The molecule has 0 N–H and O–H groups in total. The number of carbonyl (C=O) groups is 1. The number of ether oxygens (including phenoxy) is 1. The van der Waals surface area contributed by atoms with Gasteiger partial charge in [-0.2, -0.15) is 0 Å². The molecule has 0 bridgehead atoms. The number of hydrogen-bond acceptors (Lipinski definition) is 6. The van der Waals surface area contributed by atoms with Crippen molar-refractivity contribution in [2.45, 2.75) is 59.6 Å². The van der Waals surface area contributed by atoms with Crippen LogP contribution >= 0.6 is 11.6 Å². The van der Waals surface area contributed by atoms with E-state index >= 15 is 0 Å². The van der Waals surface area contributed by atoms with Gasteiger partial charge in [-0.25, -0.2) is 14.8 Å². The van der Waals surface area contributed by atoms with E-state index in [1.165, 1.54) is 0 Å². The smallest absolute Gasteiger partial charge is 0.410 e. The van der Waals surface area contributed by atoms with E-state index in [0.717, 1.165) is 35.2 Å². The van der Waals surface area contributed by atoms with Crippen LogP contribution in [0, 0.1) is 19.8 Å². The molecule has 3 aromatic heterocycles. The first-order valence-corrected chi connectivity index (χ1v) is 14.0. The number of fused-ring (bicyclic) bond motifs is 1. The Morgan fingerprint density at radius 2 is 1.80 bits per heavy atom. The highest BCUT2D eigenvalue weighted by atomic mass is 35.5. The predicted molar refractivity (Wildman–Crippen MR) is 157 cm³/mol. The van der Waals surface area contributed by atoms with Crippen LogP contribution in [0.3, 0.4) is 0 Å². The molecule has 0 radical (unpaired) electrons. The second-order valence-corrected chi connectivity index (χ2v) is 11.8. The van der Waals surface area contributed by atoms with Crippen molar-refractivity contribution in [1.29, 1.82) is 0 Å². The van der Waals surface area contributed by atoms with Crippen molar-refractivity contribution in [3.63, 3.8) is 0 Å². The molecule has 1 fully saturated rings. The van der Waals surface area contributed by atoms with Gasteiger partial charge in [-0.05, 0) is 77.6 Å². The summed E-state index contributed by atoms with van der Waals surface area (Å²) < 4.78 is 7.29. The molecular formula is C31H34ClN5O3. The standard InChI is InChI=1S/C31H34ClN5O3/c1-19-7-6-8-27(34-19)22-9-10-24(26(32)16-22)25-15-23-17-33-20(2)35-28(23)37(29(25)38)18-21-11-13-36(14-12-21)30(39)40-31(3,4)5/h6-10,15-17,21H,11-14,18H2,1-5H3. The number of aromatic nitrogens is 4. The first-order valence-electron chi connectivity index (χ1n) is 13.6. The SMILES string of the molecule is Cc1cccc(-c2ccc(-c3cc4cnc(C)nc4n(CC4CCN(C(=O)OC(C)(C)C)CC4)c3=O)c(Cl)c2)n1. The van der Waals surface area contributed by atoms with Crippen molar-refractivity contribution in [3.8, 4) is 22.4 Å². The third kappa shape index (κ3) is 6.02. The highest BCUT2D eigenvalue weighted by Gasteiger charge is 2.28. The van der Waals surface area contributed by atoms with E-state index in [-0.39, 0.29) is 17.6 Å². The molecule has 40 heavy (non-hydrogen) atoms. The van der Waals surface area contributed by atoms with Crippen LogP contribution in [0.2, 0.25) is 5.02 Å². The number of rotatable bonds is 4. The van der Waals surface area contributed by atoms with Crippen LogP contribution in [0.4, 0.5) is 4.79 Å². The first-order chi connectivity index (χ1) is 19.0. The van der Waals surface area contributed by atoms with Gasteiger partial charge < -0.3 is 9.64 Å². The van der Waals surface area contributed by atoms with Gasteiger partial charge in [-0.3, -0.25) is 14.3 Å². The maximum atomic E-state index is 14.0. The molecule has 1 aliphatic rings. The lowest BCUT2D eigenvalue weighted by molar-refractivity contribution is 0.0178. The summed E-state index contributed by atoms with van der Waals surface area (Å²) in [4.78, 5) is 41.9. The Balaban J connectivity index is 1.46. The van der Waals surface area contributed by atoms with E-state index in [2.05, 4.69) is 15.0 Å². The van der Waals surface area contributed by atoms with E-state index < -0.39 is 5.60 Å². The van der Waals surface area contributed by atoms with Crippen LogP contribution in [0.15, 0.2) is 53.5 Å². The fourth-order valence-electron chi connectivity index (χ4n) is 5.09. The summed E-state index contributed by atoms with van der Waals surface area (Å²) in [7, 11) is 0. The lowest BCUT2D eigenvalue weighted by atomic mass is 9.96. The largest absolute Gasteiger partial charge is 0.444 e. The van der Waals surface area contributed by atoms with Gasteiger partial charge in [0, 0.05) is 58.6 Å². The fraction of sp³-hybridized carbons (Fsp3) is 0.387. The molecule has 4 heterocycles. The predicted octanol–water partition coefficient (Wildman–Crippen LogP) is 6.44. The molecule has 4 aromatic rings. The Hall–Kier alpha value is -3.78. The number of hydrogen-bond donors (Lipinski definition) is 0. The quantitative estimate of drug-likeness (QED) is 0.286. The van der Waals surface area contributed by atoms with Crippen LogP contribution in [-0.4, -0.2) is 49.2 Å². The monoisotopic (exact) mass is 559 g/mol. The second-order valence-electron chi connectivity index (χ2n) is 11.4. The maximum absolute atomic E-state index is 14.0. The minimum atomic E-state index is -0.534. The number of benzene rings is 1. The van der Waals surface area contributed by atoms with Gasteiger partial charge in [0.25, 0.3) is 5.56 Å². The van der Waals surface area contributed by atoms with Crippen molar-refractivity contribution >= 4 is 28.7 Å². The van der Waals surface area contributed by atoms with Crippen LogP contribution in [0.25, 0.3) is 33.4 Å². The minimum Gasteiger partial charge on any atom is -0.444 e. The number of likely N-dealkylation sites (tertiary alicyclic amines) is 1. The van der Waals surface area contributed by atoms with Crippen LogP contribution < -0.4 is 5.56 Å². The average Bonchev–Trinajstić information content (AvgIpc) is 2.90. The number of aryl methyl sites for hydroxylation is 2. The summed E-state index contributed by atoms with van der Waals surface area (Å²) in [5, 5.41) is 1.24. The van der Waals surface area contributed by atoms with E-state index in [1.54, 1.807) is 15.7 Å².